The third-order valence-electron chi connectivity index (χ3n) is 9.40. The number of fused-ring (bicyclic) bond motifs is 7. The molecule has 0 saturated carbocycles. The predicted molar refractivity (Wildman–Crippen MR) is 185 cm³/mol. The maximum atomic E-state index is 2.58. The minimum atomic E-state index is 0.968. The number of rotatable bonds is 3. The van der Waals surface area contributed by atoms with Crippen LogP contribution in [0.2, 0.25) is 0 Å². The van der Waals surface area contributed by atoms with Gasteiger partial charge in [0.15, 0.2) is 0 Å². The van der Waals surface area contributed by atoms with Gasteiger partial charge in [0.1, 0.15) is 0 Å². The second-order valence-electron chi connectivity index (χ2n) is 11.7. The monoisotopic (exact) mass is 553 g/mol. The van der Waals surface area contributed by atoms with E-state index in [2.05, 4.69) is 133 Å². The number of para-hydroxylation sites is 1. The van der Waals surface area contributed by atoms with Crippen LogP contribution >= 0.6 is 0 Å². The summed E-state index contributed by atoms with van der Waals surface area (Å²) >= 11 is 0. The summed E-state index contributed by atoms with van der Waals surface area (Å²) in [5, 5.41) is 2.69. The Morgan fingerprint density at radius 3 is 2.19 bits per heavy atom. The molecule has 0 atom stereocenters. The lowest BCUT2D eigenvalue weighted by Gasteiger charge is -2.33. The Bertz CT molecular complexity index is 2090. The summed E-state index contributed by atoms with van der Waals surface area (Å²) in [7, 11) is 0. The van der Waals surface area contributed by atoms with Crippen LogP contribution in [0.5, 0.6) is 0 Å². The minimum Gasteiger partial charge on any atom is -0.310 e. The molecule has 0 aliphatic heterocycles. The predicted octanol–water partition coefficient (Wildman–Crippen LogP) is 11.8. The van der Waals surface area contributed by atoms with Crippen molar-refractivity contribution in [1.82, 2.24) is 0 Å². The van der Waals surface area contributed by atoms with Crippen molar-refractivity contribution in [2.45, 2.75) is 40.0 Å². The normalized spacial score (nSPS) is 13.1. The van der Waals surface area contributed by atoms with E-state index < -0.39 is 0 Å². The Labute approximate surface area is 254 Å². The van der Waals surface area contributed by atoms with Crippen molar-refractivity contribution < 1.29 is 0 Å². The Balaban J connectivity index is 0.00000136. The number of allylic oxidation sites excluding steroid dienone is 1. The Morgan fingerprint density at radius 1 is 0.605 bits per heavy atom. The molecule has 0 unspecified atom stereocenters. The molecule has 1 nitrogen and oxygen atoms in total. The van der Waals surface area contributed by atoms with Crippen LogP contribution in [0.4, 0.5) is 17.1 Å². The largest absolute Gasteiger partial charge is 0.310 e. The first-order chi connectivity index (χ1) is 21.3. The molecule has 3 aliphatic rings. The lowest BCUT2D eigenvalue weighted by atomic mass is 9.88. The standard InChI is InChI=1S/C40H29N.C2H6/c1-25-10-2-7-19-38(25)41(29-20-21-32-33-17-8-13-26-14-9-18-34(39(26)33)36(32)24-29)40-31-16-6-4-12-28(31)22-35-30-15-5-3-11-27(30)23-37(35)40;1-2/h2-5,7-15,17-22,24H,6,16,23H2,1H3;1-2H3. The third-order valence-corrected chi connectivity index (χ3v) is 9.40. The number of hydrogen-bond donors (Lipinski definition) is 0. The summed E-state index contributed by atoms with van der Waals surface area (Å²) in [6, 6.07) is 40.9. The number of benzene rings is 6. The molecular weight excluding hydrogens is 518 g/mol. The summed E-state index contributed by atoms with van der Waals surface area (Å²) in [6.07, 6.45) is 7.79. The highest BCUT2D eigenvalue weighted by Crippen LogP contribution is 2.53. The molecule has 0 bridgehead atoms. The maximum Gasteiger partial charge on any atom is 0.0541 e. The zero-order valence-electron chi connectivity index (χ0n) is 25.1. The average molecular weight is 554 g/mol. The van der Waals surface area contributed by atoms with Crippen LogP contribution in [-0.2, 0) is 12.8 Å². The number of anilines is 3. The van der Waals surface area contributed by atoms with Crippen LogP contribution in [0.15, 0.2) is 115 Å². The number of hydrogen-bond acceptors (Lipinski definition) is 1. The fourth-order valence-corrected chi connectivity index (χ4v) is 7.56. The van der Waals surface area contributed by atoms with E-state index in [-0.39, 0.29) is 0 Å². The van der Waals surface area contributed by atoms with Gasteiger partial charge in [0.05, 0.1) is 5.69 Å². The van der Waals surface area contributed by atoms with Crippen molar-refractivity contribution >= 4 is 33.9 Å². The Kier molecular flexibility index (Phi) is 6.08. The Hall–Kier alpha value is -4.88. The second kappa shape index (κ2) is 10.1. The fourth-order valence-electron chi connectivity index (χ4n) is 7.56. The van der Waals surface area contributed by atoms with E-state index in [1.54, 1.807) is 0 Å². The van der Waals surface area contributed by atoms with Gasteiger partial charge in [-0.05, 0) is 116 Å². The van der Waals surface area contributed by atoms with Crippen molar-refractivity contribution in [3.63, 3.8) is 0 Å². The first-order valence-corrected chi connectivity index (χ1v) is 15.7. The molecule has 43 heavy (non-hydrogen) atoms. The topological polar surface area (TPSA) is 3.24 Å². The van der Waals surface area contributed by atoms with E-state index in [0.29, 0.717) is 0 Å². The molecule has 6 aromatic rings. The fraction of sp³-hybridized carbons (Fsp3) is 0.143. The van der Waals surface area contributed by atoms with E-state index in [1.807, 2.05) is 13.8 Å². The van der Waals surface area contributed by atoms with Gasteiger partial charge in [0.25, 0.3) is 0 Å². The highest BCUT2D eigenvalue weighted by Gasteiger charge is 2.31. The highest BCUT2D eigenvalue weighted by molar-refractivity contribution is 6.15. The summed E-state index contributed by atoms with van der Waals surface area (Å²) in [4.78, 5) is 2.58. The molecule has 0 N–H and O–H groups in total. The van der Waals surface area contributed by atoms with E-state index in [0.717, 1.165) is 19.3 Å². The van der Waals surface area contributed by atoms with E-state index in [4.69, 9.17) is 0 Å². The molecule has 0 saturated heterocycles. The van der Waals surface area contributed by atoms with Gasteiger partial charge in [-0.25, -0.2) is 0 Å². The van der Waals surface area contributed by atoms with Crippen molar-refractivity contribution in [3.8, 4) is 33.4 Å². The third kappa shape index (κ3) is 3.85. The van der Waals surface area contributed by atoms with Crippen LogP contribution in [-0.4, -0.2) is 0 Å². The number of nitrogens with zero attached hydrogens (tertiary/aromatic N) is 1. The molecular formula is C42H35N. The molecule has 6 aromatic carbocycles. The molecule has 0 aromatic heterocycles. The molecule has 0 radical (unpaired) electrons. The van der Waals surface area contributed by atoms with Crippen LogP contribution < -0.4 is 4.90 Å². The van der Waals surface area contributed by atoms with Gasteiger partial charge in [-0.1, -0.05) is 111 Å². The van der Waals surface area contributed by atoms with Gasteiger partial charge in [0.2, 0.25) is 0 Å². The lowest BCUT2D eigenvalue weighted by Crippen LogP contribution is -2.17. The first kappa shape index (κ1) is 25.8. The molecule has 3 aliphatic carbocycles. The van der Waals surface area contributed by atoms with Crippen LogP contribution in [0, 0.1) is 6.92 Å². The molecule has 0 fully saturated rings. The van der Waals surface area contributed by atoms with Crippen LogP contribution in [0.1, 0.15) is 48.1 Å². The molecule has 1 heteroatoms. The molecule has 0 spiro atoms. The van der Waals surface area contributed by atoms with E-state index >= 15 is 0 Å². The van der Waals surface area contributed by atoms with Crippen LogP contribution in [0.3, 0.4) is 0 Å². The molecule has 208 valence electrons. The maximum absolute atomic E-state index is 2.58. The van der Waals surface area contributed by atoms with Gasteiger partial charge < -0.3 is 4.90 Å². The lowest BCUT2D eigenvalue weighted by molar-refractivity contribution is 0.973. The van der Waals surface area contributed by atoms with Crippen molar-refractivity contribution in [2.24, 2.45) is 0 Å². The molecule has 0 amide bonds. The summed E-state index contributed by atoms with van der Waals surface area (Å²) in [5.74, 6) is 0. The van der Waals surface area contributed by atoms with Gasteiger partial charge in [-0.3, -0.25) is 0 Å². The van der Waals surface area contributed by atoms with Gasteiger partial charge >= 0.3 is 0 Å². The minimum absolute atomic E-state index is 0.968. The second-order valence-corrected chi connectivity index (χ2v) is 11.7. The molecule has 0 heterocycles. The molecule has 9 rings (SSSR count). The summed E-state index contributed by atoms with van der Waals surface area (Å²) in [6.45, 7) is 6.25. The summed E-state index contributed by atoms with van der Waals surface area (Å²) in [5.41, 5.74) is 19.0. The quantitative estimate of drug-likeness (QED) is 0.210. The Morgan fingerprint density at radius 2 is 1.35 bits per heavy atom. The zero-order valence-corrected chi connectivity index (χ0v) is 25.1. The highest BCUT2D eigenvalue weighted by atomic mass is 15.2. The van der Waals surface area contributed by atoms with Gasteiger partial charge in [0, 0.05) is 17.8 Å². The zero-order chi connectivity index (χ0) is 29.1. The van der Waals surface area contributed by atoms with Crippen molar-refractivity contribution in [1.29, 1.82) is 0 Å². The first-order valence-electron chi connectivity index (χ1n) is 15.7. The van der Waals surface area contributed by atoms with Gasteiger partial charge in [-0.2, -0.15) is 0 Å². The average Bonchev–Trinajstić information content (AvgIpc) is 3.59. The van der Waals surface area contributed by atoms with Crippen molar-refractivity contribution in [3.05, 3.63) is 143 Å². The SMILES string of the molecule is CC.Cc1ccccc1N(c1ccc2c(c1)-c1cccc3cccc-2c13)c1c2c(cc3c1Cc1ccccc1-3)C=CCC2. The van der Waals surface area contributed by atoms with Crippen molar-refractivity contribution in [2.75, 3.05) is 4.90 Å². The smallest absolute Gasteiger partial charge is 0.0541 e. The van der Waals surface area contributed by atoms with E-state index in [1.165, 1.54) is 89.0 Å². The number of aryl methyl sites for hydroxylation is 1. The summed E-state index contributed by atoms with van der Waals surface area (Å²) < 4.78 is 0. The van der Waals surface area contributed by atoms with Crippen LogP contribution in [0.25, 0.3) is 50.2 Å². The van der Waals surface area contributed by atoms with E-state index in [9.17, 15) is 0 Å². The van der Waals surface area contributed by atoms with Gasteiger partial charge in [-0.15, -0.1) is 0 Å².